The Morgan fingerprint density at radius 3 is 2.60 bits per heavy atom. The van der Waals surface area contributed by atoms with Crippen LogP contribution < -0.4 is 21.7 Å². The molecule has 214 valence electrons. The van der Waals surface area contributed by atoms with Gasteiger partial charge in [0.1, 0.15) is 5.82 Å². The van der Waals surface area contributed by atoms with Crippen molar-refractivity contribution < 1.29 is 14.4 Å². The molecule has 12 heteroatoms. The minimum Gasteiger partial charge on any atom is -0.384 e. The minimum atomic E-state index is -0.638. The first-order chi connectivity index (χ1) is 20.2. The van der Waals surface area contributed by atoms with Gasteiger partial charge in [-0.2, -0.15) is 5.26 Å². The number of primary amides is 1. The number of aromatic nitrogens is 2. The Bertz CT molecular complexity index is 1670. The Labute approximate surface area is 251 Å². The van der Waals surface area contributed by atoms with Gasteiger partial charge in [-0.1, -0.05) is 73.3 Å². The molecule has 5 N–H and O–H groups in total. The molecule has 3 aromatic rings. The van der Waals surface area contributed by atoms with E-state index in [4.69, 9.17) is 11.5 Å². The number of allylic oxidation sites excluding steroid dienone is 3. The number of para-hydroxylation sites is 1. The van der Waals surface area contributed by atoms with Crippen molar-refractivity contribution in [1.82, 2.24) is 10.2 Å². The van der Waals surface area contributed by atoms with Crippen LogP contribution in [0.1, 0.15) is 66.4 Å². The van der Waals surface area contributed by atoms with Gasteiger partial charge in [-0.3, -0.25) is 19.3 Å². The quantitative estimate of drug-likeness (QED) is 0.308. The summed E-state index contributed by atoms with van der Waals surface area (Å²) in [4.78, 5) is 39.3. The molecular formula is C30H29N7O3S2. The average molecular weight is 600 g/mol. The Kier molecular flexibility index (Phi) is 8.42. The molecule has 0 bridgehead atoms. The molecule has 0 saturated heterocycles. The average Bonchev–Trinajstić information content (AvgIpc) is 3.44. The van der Waals surface area contributed by atoms with Crippen molar-refractivity contribution in [3.05, 3.63) is 87.9 Å². The fourth-order valence-corrected chi connectivity index (χ4v) is 6.86. The molecule has 1 aliphatic carbocycles. The maximum absolute atomic E-state index is 13.4. The third-order valence-electron chi connectivity index (χ3n) is 7.23. The summed E-state index contributed by atoms with van der Waals surface area (Å²) in [6.45, 7) is 4.23. The van der Waals surface area contributed by atoms with E-state index in [0.717, 1.165) is 11.3 Å². The highest BCUT2D eigenvalue weighted by atomic mass is 32.2. The lowest BCUT2D eigenvalue weighted by molar-refractivity contribution is -0.116. The number of Topliss-reactive ketones (excluding diaryl/α,β-unsaturated/α-hetero) is 1. The highest BCUT2D eigenvalue weighted by Crippen LogP contribution is 2.47. The predicted octanol–water partition coefficient (Wildman–Crippen LogP) is 4.80. The van der Waals surface area contributed by atoms with Crippen LogP contribution in [-0.4, -0.2) is 33.5 Å². The maximum atomic E-state index is 13.4. The normalized spacial score (nSPS) is 16.9. The van der Waals surface area contributed by atoms with Crippen LogP contribution in [0.15, 0.2) is 75.5 Å². The lowest BCUT2D eigenvalue weighted by atomic mass is 9.75. The molecule has 1 atom stereocenters. The van der Waals surface area contributed by atoms with Gasteiger partial charge in [0.15, 0.2) is 10.1 Å². The van der Waals surface area contributed by atoms with E-state index in [9.17, 15) is 19.6 Å². The molecule has 2 aromatic carbocycles. The lowest BCUT2D eigenvalue weighted by Crippen LogP contribution is -2.38. The number of thioether (sulfide) groups is 1. The van der Waals surface area contributed by atoms with Crippen molar-refractivity contribution in [1.29, 1.82) is 5.26 Å². The summed E-state index contributed by atoms with van der Waals surface area (Å²) in [7, 11) is 0. The number of rotatable bonds is 8. The number of benzene rings is 2. The summed E-state index contributed by atoms with van der Waals surface area (Å²) >= 11 is 2.39. The molecule has 5 rings (SSSR count). The fourth-order valence-electron chi connectivity index (χ4n) is 5.18. The molecular weight excluding hydrogens is 571 g/mol. The van der Waals surface area contributed by atoms with E-state index in [0.29, 0.717) is 45.9 Å². The summed E-state index contributed by atoms with van der Waals surface area (Å²) in [5, 5.41) is 21.9. The molecule has 42 heavy (non-hydrogen) atoms. The Hall–Kier alpha value is -4.47. The van der Waals surface area contributed by atoms with Gasteiger partial charge in [0.05, 0.1) is 34.6 Å². The van der Waals surface area contributed by atoms with Gasteiger partial charge in [-0.05, 0) is 42.0 Å². The largest absolute Gasteiger partial charge is 0.384 e. The van der Waals surface area contributed by atoms with Crippen molar-refractivity contribution >= 4 is 51.5 Å². The Balaban J connectivity index is 1.41. The first-order valence-electron chi connectivity index (χ1n) is 13.4. The number of nitriles is 1. The molecule has 0 fully saturated rings. The van der Waals surface area contributed by atoms with Crippen molar-refractivity contribution in [2.45, 2.75) is 49.3 Å². The molecule has 2 heterocycles. The molecule has 2 aliphatic rings. The zero-order valence-electron chi connectivity index (χ0n) is 23.1. The molecule has 1 unspecified atom stereocenters. The van der Waals surface area contributed by atoms with Crippen molar-refractivity contribution in [2.75, 3.05) is 16.0 Å². The van der Waals surface area contributed by atoms with E-state index in [-0.39, 0.29) is 34.4 Å². The van der Waals surface area contributed by atoms with E-state index in [1.165, 1.54) is 28.7 Å². The van der Waals surface area contributed by atoms with Gasteiger partial charge in [0.2, 0.25) is 11.0 Å². The van der Waals surface area contributed by atoms with Crippen LogP contribution in [0.25, 0.3) is 0 Å². The topological polar surface area (TPSA) is 168 Å². The molecule has 0 radical (unpaired) electrons. The van der Waals surface area contributed by atoms with Crippen LogP contribution in [0.4, 0.5) is 10.8 Å². The summed E-state index contributed by atoms with van der Waals surface area (Å²) in [5.41, 5.74) is 16.2. The molecule has 1 aliphatic heterocycles. The second-order valence-corrected chi connectivity index (χ2v) is 12.4. The van der Waals surface area contributed by atoms with Gasteiger partial charge in [0, 0.05) is 17.7 Å². The Morgan fingerprint density at radius 1 is 1.17 bits per heavy atom. The number of nitrogens with zero attached hydrogens (tertiary/aromatic N) is 4. The van der Waals surface area contributed by atoms with Crippen LogP contribution in [0.5, 0.6) is 0 Å². The summed E-state index contributed by atoms with van der Waals surface area (Å²) in [6.07, 6.45) is 1.66. The van der Waals surface area contributed by atoms with E-state index in [1.807, 2.05) is 24.3 Å². The monoisotopic (exact) mass is 599 g/mol. The number of carbonyl (C=O) groups is 3. The maximum Gasteiger partial charge on any atom is 0.250 e. The smallest absolute Gasteiger partial charge is 0.250 e. The third-order valence-corrected chi connectivity index (χ3v) is 9.27. The van der Waals surface area contributed by atoms with Crippen LogP contribution in [0.3, 0.4) is 0 Å². The van der Waals surface area contributed by atoms with Crippen LogP contribution in [0, 0.1) is 11.3 Å². The summed E-state index contributed by atoms with van der Waals surface area (Å²) < 4.78 is 0.505. The lowest BCUT2D eigenvalue weighted by Gasteiger charge is -2.38. The zero-order chi connectivity index (χ0) is 30.0. The zero-order valence-corrected chi connectivity index (χ0v) is 24.7. The number of nitrogens with two attached hydrogens (primary N) is 2. The SMILES string of the molecule is CC(C)c1ccc(C2C(C#N)=C(N)N(c3nnc(SCC(=O)Nc4ccccc4C(N)=O)s3)C3=C2C(=O)CCC3)cc1. The van der Waals surface area contributed by atoms with Crippen molar-refractivity contribution in [3.8, 4) is 6.07 Å². The number of hydrogen-bond donors (Lipinski definition) is 3. The molecule has 0 spiro atoms. The fraction of sp³-hybridized carbons (Fsp3) is 0.267. The molecule has 0 saturated carbocycles. The molecule has 10 nitrogen and oxygen atoms in total. The standard InChI is InChI=1S/C30H29N7O3S2/c1-16(2)17-10-12-18(13-11-17)25-20(14-31)27(32)37(22-8-5-9-23(38)26(22)25)29-35-36-30(42-29)41-15-24(39)34-21-7-4-3-6-19(21)28(33)40/h3-4,6-7,10-13,16,25H,5,8-9,15,32H2,1-2H3,(H2,33,40)(H,34,39). The summed E-state index contributed by atoms with van der Waals surface area (Å²) in [6, 6.07) is 16.8. The van der Waals surface area contributed by atoms with E-state index < -0.39 is 11.8 Å². The van der Waals surface area contributed by atoms with Crippen molar-refractivity contribution in [3.63, 3.8) is 0 Å². The number of ketones is 1. The molecule has 1 aromatic heterocycles. The Morgan fingerprint density at radius 2 is 1.90 bits per heavy atom. The van der Waals surface area contributed by atoms with E-state index in [2.05, 4.69) is 35.4 Å². The van der Waals surface area contributed by atoms with Gasteiger partial charge in [-0.15, -0.1) is 10.2 Å². The van der Waals surface area contributed by atoms with Gasteiger partial charge >= 0.3 is 0 Å². The predicted molar refractivity (Wildman–Crippen MR) is 163 cm³/mol. The van der Waals surface area contributed by atoms with Gasteiger partial charge < -0.3 is 16.8 Å². The van der Waals surface area contributed by atoms with Crippen molar-refractivity contribution in [2.24, 2.45) is 11.5 Å². The number of anilines is 2. The second-order valence-electron chi connectivity index (χ2n) is 10.2. The van der Waals surface area contributed by atoms with Crippen LogP contribution in [-0.2, 0) is 9.59 Å². The number of amides is 2. The number of nitrogens with one attached hydrogen (secondary N) is 1. The molecule has 2 amide bonds. The second kappa shape index (κ2) is 12.2. The van der Waals surface area contributed by atoms with E-state index in [1.54, 1.807) is 29.2 Å². The van der Waals surface area contributed by atoms with Crippen LogP contribution in [0.2, 0.25) is 0 Å². The van der Waals surface area contributed by atoms with Gasteiger partial charge in [0.25, 0.3) is 5.91 Å². The third kappa shape index (κ3) is 5.66. The first-order valence-corrected chi connectivity index (χ1v) is 15.2. The van der Waals surface area contributed by atoms with Crippen LogP contribution >= 0.6 is 23.1 Å². The highest BCUT2D eigenvalue weighted by molar-refractivity contribution is 8.01. The van der Waals surface area contributed by atoms with E-state index >= 15 is 0 Å². The first kappa shape index (κ1) is 29.0. The van der Waals surface area contributed by atoms with Gasteiger partial charge in [-0.25, -0.2) is 0 Å². The number of hydrogen-bond acceptors (Lipinski definition) is 10. The summed E-state index contributed by atoms with van der Waals surface area (Å²) in [5.74, 6) is -0.959. The minimum absolute atomic E-state index is 0.00790. The number of carbonyl (C=O) groups excluding carboxylic acids is 3. The highest BCUT2D eigenvalue weighted by Gasteiger charge is 2.41.